The Balaban J connectivity index is 1.83. The molecule has 0 saturated carbocycles. The third kappa shape index (κ3) is 6.33. The Morgan fingerprint density at radius 1 is 1.09 bits per heavy atom. The number of benzene rings is 2. The van der Waals surface area contributed by atoms with Gasteiger partial charge in [-0.3, -0.25) is 9.69 Å². The fraction of sp³-hybridized carbons (Fsp3) is 0.462. The Kier molecular flexibility index (Phi) is 8.47. The van der Waals surface area contributed by atoms with Crippen LogP contribution in [0.4, 0.5) is 4.79 Å². The van der Waals surface area contributed by atoms with Crippen molar-refractivity contribution in [3.05, 3.63) is 71.8 Å². The van der Waals surface area contributed by atoms with Gasteiger partial charge in [-0.1, -0.05) is 74.5 Å². The summed E-state index contributed by atoms with van der Waals surface area (Å²) in [5.74, 6) is -0.556. The number of likely N-dealkylation sites (N-methyl/N-ethyl adjacent to an activating group) is 1. The average Bonchev–Trinajstić information content (AvgIpc) is 3.17. The summed E-state index contributed by atoms with van der Waals surface area (Å²) in [5.41, 5.74) is 8.58. The molecule has 0 aromatic heterocycles. The second-order valence-electron chi connectivity index (χ2n) is 9.25. The first-order valence-electron chi connectivity index (χ1n) is 11.5. The van der Waals surface area contributed by atoms with E-state index in [4.69, 9.17) is 10.5 Å². The molecule has 2 aromatic rings. The zero-order chi connectivity index (χ0) is 24.0. The number of aliphatic carboxylic acids is 1. The SMILES string of the molecule is CC(C)C[C@H](N)[C@H]1[C@H](N(C)C(=O)OCc2ccccc2)C[C@H](C(=O)O)N1Cc1ccccc1. The van der Waals surface area contributed by atoms with Crippen molar-refractivity contribution >= 4 is 12.1 Å². The second kappa shape index (κ2) is 11.3. The summed E-state index contributed by atoms with van der Waals surface area (Å²) in [6.45, 7) is 4.81. The quantitative estimate of drug-likeness (QED) is 0.601. The van der Waals surface area contributed by atoms with Crippen LogP contribution in [0.5, 0.6) is 0 Å². The fourth-order valence-corrected chi connectivity index (χ4v) is 4.74. The second-order valence-corrected chi connectivity index (χ2v) is 9.25. The Morgan fingerprint density at radius 2 is 1.67 bits per heavy atom. The van der Waals surface area contributed by atoms with Gasteiger partial charge < -0.3 is 20.5 Å². The predicted molar refractivity (Wildman–Crippen MR) is 127 cm³/mol. The zero-order valence-corrected chi connectivity index (χ0v) is 19.6. The molecule has 7 nitrogen and oxygen atoms in total. The lowest BCUT2D eigenvalue weighted by Gasteiger charge is -2.37. The number of carbonyl (C=O) groups excluding carboxylic acids is 1. The summed E-state index contributed by atoms with van der Waals surface area (Å²) in [6, 6.07) is 17.6. The number of amides is 1. The van der Waals surface area contributed by atoms with Crippen LogP contribution in [0.3, 0.4) is 0 Å². The molecular weight excluding hydrogens is 418 g/mol. The number of hydrogen-bond acceptors (Lipinski definition) is 5. The van der Waals surface area contributed by atoms with Gasteiger partial charge in [-0.15, -0.1) is 0 Å². The first-order chi connectivity index (χ1) is 15.8. The van der Waals surface area contributed by atoms with Crippen molar-refractivity contribution in [1.82, 2.24) is 9.80 Å². The molecular formula is C26H35N3O4. The Bertz CT molecular complexity index is 906. The number of carboxylic acids is 1. The molecule has 1 heterocycles. The maximum Gasteiger partial charge on any atom is 0.410 e. The maximum atomic E-state index is 12.9. The first-order valence-corrected chi connectivity index (χ1v) is 11.5. The third-order valence-corrected chi connectivity index (χ3v) is 6.31. The van der Waals surface area contributed by atoms with Crippen molar-refractivity contribution in [1.29, 1.82) is 0 Å². The molecule has 3 N–H and O–H groups in total. The summed E-state index contributed by atoms with van der Waals surface area (Å²) in [4.78, 5) is 28.6. The lowest BCUT2D eigenvalue weighted by Crippen LogP contribution is -2.55. The maximum absolute atomic E-state index is 12.9. The van der Waals surface area contributed by atoms with Gasteiger partial charge >= 0.3 is 12.1 Å². The van der Waals surface area contributed by atoms with Crippen LogP contribution in [-0.2, 0) is 22.7 Å². The smallest absolute Gasteiger partial charge is 0.410 e. The Labute approximate surface area is 196 Å². The van der Waals surface area contributed by atoms with Crippen LogP contribution in [0.15, 0.2) is 60.7 Å². The molecule has 4 atom stereocenters. The first kappa shape index (κ1) is 24.7. The zero-order valence-electron chi connectivity index (χ0n) is 19.6. The van der Waals surface area contributed by atoms with E-state index in [1.54, 1.807) is 7.05 Å². The molecule has 0 spiro atoms. The number of nitrogens with two attached hydrogens (primary N) is 1. The van der Waals surface area contributed by atoms with Gasteiger partial charge in [0.2, 0.25) is 0 Å². The normalized spacial score (nSPS) is 21.7. The van der Waals surface area contributed by atoms with E-state index >= 15 is 0 Å². The molecule has 0 aliphatic carbocycles. The number of nitrogens with zero attached hydrogens (tertiary/aromatic N) is 2. The topological polar surface area (TPSA) is 96.1 Å². The van der Waals surface area contributed by atoms with Crippen molar-refractivity contribution in [3.8, 4) is 0 Å². The van der Waals surface area contributed by atoms with E-state index in [0.29, 0.717) is 18.9 Å². The molecule has 178 valence electrons. The molecule has 1 amide bonds. The summed E-state index contributed by atoms with van der Waals surface area (Å²) >= 11 is 0. The number of ether oxygens (including phenoxy) is 1. The minimum Gasteiger partial charge on any atom is -0.480 e. The highest BCUT2D eigenvalue weighted by molar-refractivity contribution is 5.75. The van der Waals surface area contributed by atoms with Crippen molar-refractivity contribution in [2.24, 2.45) is 11.7 Å². The molecule has 0 unspecified atom stereocenters. The van der Waals surface area contributed by atoms with Gasteiger partial charge in [-0.2, -0.15) is 0 Å². The summed E-state index contributed by atoms with van der Waals surface area (Å²) < 4.78 is 5.54. The van der Waals surface area contributed by atoms with Crippen LogP contribution in [0.1, 0.15) is 37.8 Å². The number of hydrogen-bond donors (Lipinski definition) is 2. The molecule has 7 heteroatoms. The molecule has 33 heavy (non-hydrogen) atoms. The van der Waals surface area contributed by atoms with Gasteiger partial charge in [0.1, 0.15) is 12.6 Å². The van der Waals surface area contributed by atoms with Crippen molar-refractivity contribution in [2.75, 3.05) is 7.05 Å². The number of likely N-dealkylation sites (tertiary alicyclic amines) is 1. The van der Waals surface area contributed by atoms with Gasteiger partial charge in [-0.05, 0) is 29.9 Å². The Hall–Kier alpha value is -2.90. The molecule has 1 fully saturated rings. The number of carboxylic acid groups (broad SMARTS) is 1. The highest BCUT2D eigenvalue weighted by Crippen LogP contribution is 2.33. The van der Waals surface area contributed by atoms with Crippen LogP contribution in [-0.4, -0.2) is 58.2 Å². The van der Waals surface area contributed by atoms with Crippen LogP contribution in [0.2, 0.25) is 0 Å². The number of rotatable bonds is 9. The van der Waals surface area contributed by atoms with Crippen molar-refractivity contribution < 1.29 is 19.4 Å². The van der Waals surface area contributed by atoms with Crippen molar-refractivity contribution in [2.45, 2.75) is 64.0 Å². The van der Waals surface area contributed by atoms with Gasteiger partial charge in [0.15, 0.2) is 0 Å². The molecule has 1 saturated heterocycles. The minimum atomic E-state index is -0.902. The van der Waals surface area contributed by atoms with Gasteiger partial charge in [0, 0.05) is 25.7 Å². The van der Waals surface area contributed by atoms with Crippen LogP contribution in [0, 0.1) is 5.92 Å². The Morgan fingerprint density at radius 3 is 2.21 bits per heavy atom. The summed E-state index contributed by atoms with van der Waals surface area (Å²) in [6.07, 6.45) is 0.553. The van der Waals surface area contributed by atoms with E-state index in [9.17, 15) is 14.7 Å². The predicted octanol–water partition coefficient (Wildman–Crippen LogP) is 3.72. The molecule has 1 aliphatic rings. The molecule has 2 aromatic carbocycles. The third-order valence-electron chi connectivity index (χ3n) is 6.31. The van der Waals surface area contributed by atoms with Gasteiger partial charge in [-0.25, -0.2) is 4.79 Å². The lowest BCUT2D eigenvalue weighted by atomic mass is 9.93. The summed E-state index contributed by atoms with van der Waals surface area (Å²) in [7, 11) is 1.68. The molecule has 0 bridgehead atoms. The molecule has 0 radical (unpaired) electrons. The van der Waals surface area contributed by atoms with Gasteiger partial charge in [0.05, 0.1) is 6.04 Å². The highest BCUT2D eigenvalue weighted by Gasteiger charge is 2.49. The van der Waals surface area contributed by atoms with E-state index in [0.717, 1.165) is 17.5 Å². The van der Waals surface area contributed by atoms with Crippen LogP contribution < -0.4 is 5.73 Å². The largest absolute Gasteiger partial charge is 0.480 e. The highest BCUT2D eigenvalue weighted by atomic mass is 16.6. The fourth-order valence-electron chi connectivity index (χ4n) is 4.74. The lowest BCUT2D eigenvalue weighted by molar-refractivity contribution is -0.143. The monoisotopic (exact) mass is 453 g/mol. The van der Waals surface area contributed by atoms with E-state index < -0.39 is 18.1 Å². The number of carbonyl (C=O) groups is 2. The van der Waals surface area contributed by atoms with E-state index in [1.165, 1.54) is 4.90 Å². The van der Waals surface area contributed by atoms with E-state index in [-0.39, 0.29) is 24.7 Å². The van der Waals surface area contributed by atoms with E-state index in [2.05, 4.69) is 13.8 Å². The van der Waals surface area contributed by atoms with Crippen LogP contribution >= 0.6 is 0 Å². The average molecular weight is 454 g/mol. The molecule has 3 rings (SSSR count). The van der Waals surface area contributed by atoms with E-state index in [1.807, 2.05) is 65.6 Å². The van der Waals surface area contributed by atoms with Crippen molar-refractivity contribution in [3.63, 3.8) is 0 Å². The van der Waals surface area contributed by atoms with Gasteiger partial charge in [0.25, 0.3) is 0 Å². The molecule has 1 aliphatic heterocycles. The van der Waals surface area contributed by atoms with Crippen LogP contribution in [0.25, 0.3) is 0 Å². The summed E-state index contributed by atoms with van der Waals surface area (Å²) in [5, 5.41) is 10.0. The minimum absolute atomic E-state index is 0.162. The standard InChI is InChI=1S/C26H35N3O4/c1-18(2)14-21(27)24-22(28(3)26(32)33-17-20-12-8-5-9-13-20)15-23(25(30)31)29(24)16-19-10-6-4-7-11-19/h4-13,18,21-24H,14-17,27H2,1-3H3,(H,30,31)/t21-,22+,23+,24-/m0/s1.